The molecule has 0 amide bonds. The number of aryl methyl sites for hydroxylation is 1. The normalized spacial score (nSPS) is 23.3. The fourth-order valence-electron chi connectivity index (χ4n) is 3.41. The van der Waals surface area contributed by atoms with Crippen LogP contribution in [-0.4, -0.2) is 46.6 Å². The van der Waals surface area contributed by atoms with Gasteiger partial charge in [0.1, 0.15) is 11.0 Å². The van der Waals surface area contributed by atoms with Crippen molar-refractivity contribution < 1.29 is 28.0 Å². The molecule has 160 valence electrons. The first-order valence-electron chi connectivity index (χ1n) is 9.45. The third-order valence-electron chi connectivity index (χ3n) is 4.97. The zero-order valence-electron chi connectivity index (χ0n) is 18.0. The Balaban J connectivity index is 2.75. The lowest BCUT2D eigenvalue weighted by atomic mass is 9.75. The van der Waals surface area contributed by atoms with E-state index in [2.05, 4.69) is 4.40 Å². The quantitative estimate of drug-likeness (QED) is 0.534. The molecule has 0 aromatic heterocycles. The van der Waals surface area contributed by atoms with E-state index >= 15 is 0 Å². The van der Waals surface area contributed by atoms with Gasteiger partial charge in [0.15, 0.2) is 0 Å². The number of methoxy groups -OCH3 is 2. The van der Waals surface area contributed by atoms with Crippen LogP contribution in [0.4, 0.5) is 0 Å². The minimum Gasteiger partial charge on any atom is -0.466 e. The van der Waals surface area contributed by atoms with Gasteiger partial charge in [-0.2, -0.15) is 4.40 Å². The Hall–Kier alpha value is -2.22. The van der Waals surface area contributed by atoms with Crippen LogP contribution in [0.1, 0.15) is 51.2 Å². The highest BCUT2D eigenvalue weighted by Gasteiger charge is 2.66. The number of esters is 2. The SMILES string of the molecule is CC[C@H]1/C(=N/S(=O)C(C)(C)C)OC(C(=O)OC)(C(=O)OC)[C@@H]1c1ccc(C)cc1. The molecule has 1 aliphatic heterocycles. The van der Waals surface area contributed by atoms with Crippen LogP contribution >= 0.6 is 0 Å². The molecule has 0 N–H and O–H groups in total. The molecular formula is C21H29NO6S. The lowest BCUT2D eigenvalue weighted by Gasteiger charge is -2.29. The summed E-state index contributed by atoms with van der Waals surface area (Å²) < 4.78 is 32.2. The van der Waals surface area contributed by atoms with Crippen LogP contribution < -0.4 is 0 Å². The van der Waals surface area contributed by atoms with Gasteiger partial charge in [-0.3, -0.25) is 0 Å². The number of ether oxygens (including phenoxy) is 3. The maximum Gasteiger partial charge on any atom is 0.362 e. The summed E-state index contributed by atoms with van der Waals surface area (Å²) in [6.45, 7) is 9.20. The van der Waals surface area contributed by atoms with Crippen molar-refractivity contribution in [3.05, 3.63) is 35.4 Å². The second-order valence-electron chi connectivity index (χ2n) is 8.02. The molecule has 0 bridgehead atoms. The van der Waals surface area contributed by atoms with Crippen LogP contribution in [0.3, 0.4) is 0 Å². The number of rotatable bonds is 5. The molecular weight excluding hydrogens is 394 g/mol. The molecule has 1 aliphatic rings. The lowest BCUT2D eigenvalue weighted by Crippen LogP contribution is -2.52. The molecule has 3 atom stereocenters. The van der Waals surface area contributed by atoms with Crippen molar-refractivity contribution in [3.63, 3.8) is 0 Å². The van der Waals surface area contributed by atoms with Gasteiger partial charge in [-0.25, -0.2) is 13.8 Å². The summed E-state index contributed by atoms with van der Waals surface area (Å²) in [4.78, 5) is 25.8. The first-order valence-corrected chi connectivity index (χ1v) is 10.6. The van der Waals surface area contributed by atoms with Gasteiger partial charge in [-0.05, 0) is 39.7 Å². The zero-order valence-corrected chi connectivity index (χ0v) is 18.8. The Morgan fingerprint density at radius 2 is 1.66 bits per heavy atom. The standard InChI is InChI=1S/C21H29NO6S/c1-8-15-16(14-11-9-13(2)10-12-14)21(18(23)26-6,19(24)27-7)28-17(15)22-29(25)20(3,4)5/h9-12,15-16H,8H2,1-7H3/b22-17-/t15-,16-,29?/m1/s1. The van der Waals surface area contributed by atoms with E-state index in [1.807, 2.05) is 38.1 Å². The summed E-state index contributed by atoms with van der Waals surface area (Å²) in [6, 6.07) is 7.47. The second kappa shape index (κ2) is 8.65. The maximum absolute atomic E-state index is 12.9. The molecule has 7 nitrogen and oxygen atoms in total. The minimum absolute atomic E-state index is 0.0992. The largest absolute Gasteiger partial charge is 0.466 e. The molecule has 2 rings (SSSR count). The summed E-state index contributed by atoms with van der Waals surface area (Å²) in [5, 5.41) is 0. The van der Waals surface area contributed by atoms with Crippen LogP contribution in [0, 0.1) is 12.8 Å². The smallest absolute Gasteiger partial charge is 0.362 e. The fraction of sp³-hybridized carbons (Fsp3) is 0.571. The highest BCUT2D eigenvalue weighted by Crippen LogP contribution is 2.48. The average molecular weight is 424 g/mol. The summed E-state index contributed by atoms with van der Waals surface area (Å²) in [5.74, 6) is -2.84. The van der Waals surface area contributed by atoms with Gasteiger partial charge in [-0.15, -0.1) is 0 Å². The molecule has 0 saturated carbocycles. The van der Waals surface area contributed by atoms with Crippen molar-refractivity contribution in [3.8, 4) is 0 Å². The molecule has 8 heteroatoms. The first kappa shape index (κ1) is 23.1. The van der Waals surface area contributed by atoms with Crippen LogP contribution in [0.25, 0.3) is 0 Å². The average Bonchev–Trinajstić information content (AvgIpc) is 3.01. The maximum atomic E-state index is 12.9. The van der Waals surface area contributed by atoms with Crippen molar-refractivity contribution >= 4 is 28.8 Å². The van der Waals surface area contributed by atoms with Gasteiger partial charge >= 0.3 is 17.5 Å². The molecule has 1 aromatic rings. The molecule has 0 aliphatic carbocycles. The first-order chi connectivity index (χ1) is 13.5. The summed E-state index contributed by atoms with van der Waals surface area (Å²) in [5.41, 5.74) is -0.310. The van der Waals surface area contributed by atoms with Gasteiger partial charge in [0, 0.05) is 5.92 Å². The molecule has 0 radical (unpaired) electrons. The van der Waals surface area contributed by atoms with Crippen molar-refractivity contribution in [2.45, 2.75) is 57.3 Å². The number of carbonyl (C=O) groups excluding carboxylic acids is 2. The van der Waals surface area contributed by atoms with Crippen LogP contribution in [0.5, 0.6) is 0 Å². The van der Waals surface area contributed by atoms with E-state index in [0.29, 0.717) is 12.0 Å². The predicted molar refractivity (Wildman–Crippen MR) is 111 cm³/mol. The number of hydrogen-bond donors (Lipinski definition) is 0. The monoisotopic (exact) mass is 423 g/mol. The van der Waals surface area contributed by atoms with E-state index in [9.17, 15) is 13.8 Å². The van der Waals surface area contributed by atoms with E-state index in [4.69, 9.17) is 14.2 Å². The van der Waals surface area contributed by atoms with Crippen molar-refractivity contribution in [2.75, 3.05) is 14.2 Å². The van der Waals surface area contributed by atoms with E-state index in [-0.39, 0.29) is 5.90 Å². The zero-order chi connectivity index (χ0) is 22.0. The lowest BCUT2D eigenvalue weighted by molar-refractivity contribution is -0.178. The number of carbonyl (C=O) groups is 2. The topological polar surface area (TPSA) is 91.3 Å². The van der Waals surface area contributed by atoms with Crippen LogP contribution in [-0.2, 0) is 34.8 Å². The van der Waals surface area contributed by atoms with Crippen LogP contribution in [0.2, 0.25) is 0 Å². The van der Waals surface area contributed by atoms with Gasteiger partial charge in [0.2, 0.25) is 5.90 Å². The molecule has 1 fully saturated rings. The van der Waals surface area contributed by atoms with E-state index in [1.54, 1.807) is 20.8 Å². The van der Waals surface area contributed by atoms with Gasteiger partial charge in [0.05, 0.1) is 24.9 Å². The number of benzene rings is 1. The molecule has 1 aromatic carbocycles. The minimum atomic E-state index is -2.06. The van der Waals surface area contributed by atoms with Crippen molar-refractivity contribution in [2.24, 2.45) is 10.3 Å². The van der Waals surface area contributed by atoms with Crippen molar-refractivity contribution in [1.82, 2.24) is 0 Å². The van der Waals surface area contributed by atoms with E-state index < -0.39 is 45.1 Å². The summed E-state index contributed by atoms with van der Waals surface area (Å²) in [6.07, 6.45) is 0.508. The Kier molecular flexibility index (Phi) is 6.88. The third kappa shape index (κ3) is 4.22. The fourth-order valence-corrected chi connectivity index (χ4v) is 4.02. The molecule has 1 heterocycles. The summed E-state index contributed by atoms with van der Waals surface area (Å²) in [7, 11) is 0.744. The third-order valence-corrected chi connectivity index (χ3v) is 6.37. The van der Waals surface area contributed by atoms with Crippen LogP contribution in [0.15, 0.2) is 28.7 Å². The number of nitrogens with zero attached hydrogens (tertiary/aromatic N) is 1. The Morgan fingerprint density at radius 3 is 2.07 bits per heavy atom. The Morgan fingerprint density at radius 1 is 1.14 bits per heavy atom. The second-order valence-corrected chi connectivity index (χ2v) is 9.92. The van der Waals surface area contributed by atoms with Gasteiger partial charge in [-0.1, -0.05) is 36.8 Å². The molecule has 1 unspecified atom stereocenters. The summed E-state index contributed by atoms with van der Waals surface area (Å²) >= 11 is 0. The molecule has 0 spiro atoms. The predicted octanol–water partition coefficient (Wildman–Crippen LogP) is 3.08. The Bertz CT molecular complexity index is 809. The highest BCUT2D eigenvalue weighted by molar-refractivity contribution is 7.85. The number of hydrogen-bond acceptors (Lipinski definition) is 6. The van der Waals surface area contributed by atoms with Gasteiger partial charge in [0.25, 0.3) is 0 Å². The molecule has 1 saturated heterocycles. The van der Waals surface area contributed by atoms with Crippen molar-refractivity contribution in [1.29, 1.82) is 0 Å². The molecule has 29 heavy (non-hydrogen) atoms. The van der Waals surface area contributed by atoms with Gasteiger partial charge < -0.3 is 14.2 Å². The Labute approximate surface area is 174 Å². The van der Waals surface area contributed by atoms with E-state index in [1.165, 1.54) is 14.2 Å². The van der Waals surface area contributed by atoms with E-state index in [0.717, 1.165) is 5.56 Å². The highest BCUT2D eigenvalue weighted by atomic mass is 32.2.